The standard InChI is InChI=1S/C18H22N4O3/c23-18(20-14-4-5-16-17(11-14)25-10-9-24-16)13-21-7-1-3-15(21)12-22-8-2-6-19-22/h2,4-6,8,11,15H,1,3,7,9-10,12-13H2,(H,20,23). The summed E-state index contributed by atoms with van der Waals surface area (Å²) in [4.78, 5) is 14.7. The molecule has 1 aromatic carbocycles. The van der Waals surface area contributed by atoms with Gasteiger partial charge in [0.1, 0.15) is 13.2 Å². The molecule has 1 aromatic heterocycles. The summed E-state index contributed by atoms with van der Waals surface area (Å²) >= 11 is 0. The van der Waals surface area contributed by atoms with Gasteiger partial charge in [-0.2, -0.15) is 5.10 Å². The number of hydrogen-bond acceptors (Lipinski definition) is 5. The van der Waals surface area contributed by atoms with Crippen LogP contribution < -0.4 is 14.8 Å². The lowest BCUT2D eigenvalue weighted by molar-refractivity contribution is -0.117. The molecule has 0 saturated carbocycles. The Morgan fingerprint density at radius 1 is 1.28 bits per heavy atom. The molecule has 3 heterocycles. The third kappa shape index (κ3) is 3.76. The molecule has 2 aromatic rings. The monoisotopic (exact) mass is 342 g/mol. The molecule has 7 nitrogen and oxygen atoms in total. The Kier molecular flexibility index (Phi) is 4.56. The van der Waals surface area contributed by atoms with Crippen molar-refractivity contribution in [2.24, 2.45) is 0 Å². The predicted octanol–water partition coefficient (Wildman–Crippen LogP) is 1.76. The Bertz CT molecular complexity index is 732. The largest absolute Gasteiger partial charge is 0.486 e. The third-order valence-corrected chi connectivity index (χ3v) is 4.63. The molecule has 1 fully saturated rings. The SMILES string of the molecule is O=C(CN1CCCC1Cn1cccn1)Nc1ccc2c(c1)OCCO2. The second-order valence-electron chi connectivity index (χ2n) is 6.40. The molecule has 0 spiro atoms. The van der Waals surface area contributed by atoms with E-state index in [1.807, 2.05) is 35.1 Å². The van der Waals surface area contributed by atoms with Crippen LogP contribution in [0.1, 0.15) is 12.8 Å². The van der Waals surface area contributed by atoms with Gasteiger partial charge in [0.25, 0.3) is 0 Å². The van der Waals surface area contributed by atoms with Crippen LogP contribution in [0.3, 0.4) is 0 Å². The van der Waals surface area contributed by atoms with Crippen LogP contribution in [0.4, 0.5) is 5.69 Å². The first-order valence-electron chi connectivity index (χ1n) is 8.69. The highest BCUT2D eigenvalue weighted by molar-refractivity contribution is 5.92. The van der Waals surface area contributed by atoms with Gasteiger partial charge < -0.3 is 14.8 Å². The second kappa shape index (κ2) is 7.14. The lowest BCUT2D eigenvalue weighted by Crippen LogP contribution is -2.39. The fraction of sp³-hybridized carbons (Fsp3) is 0.444. The Morgan fingerprint density at radius 3 is 3.00 bits per heavy atom. The van der Waals surface area contributed by atoms with Crippen molar-refractivity contribution in [3.05, 3.63) is 36.7 Å². The number of hydrogen-bond donors (Lipinski definition) is 1. The third-order valence-electron chi connectivity index (χ3n) is 4.63. The number of nitrogens with zero attached hydrogens (tertiary/aromatic N) is 3. The molecular formula is C18H22N4O3. The summed E-state index contributed by atoms with van der Waals surface area (Å²) in [5.41, 5.74) is 0.733. The summed E-state index contributed by atoms with van der Waals surface area (Å²) in [6, 6.07) is 7.77. The van der Waals surface area contributed by atoms with E-state index in [1.165, 1.54) is 0 Å². The van der Waals surface area contributed by atoms with Gasteiger partial charge in [0.15, 0.2) is 11.5 Å². The van der Waals surface area contributed by atoms with Gasteiger partial charge in [-0.15, -0.1) is 0 Å². The molecule has 0 bridgehead atoms. The molecule has 1 N–H and O–H groups in total. The van der Waals surface area contributed by atoms with E-state index in [4.69, 9.17) is 9.47 Å². The molecular weight excluding hydrogens is 320 g/mol. The van der Waals surface area contributed by atoms with E-state index in [9.17, 15) is 4.79 Å². The summed E-state index contributed by atoms with van der Waals surface area (Å²) in [5, 5.41) is 7.23. The minimum absolute atomic E-state index is 0.0101. The van der Waals surface area contributed by atoms with Crippen molar-refractivity contribution in [1.29, 1.82) is 0 Å². The maximum Gasteiger partial charge on any atom is 0.238 e. The molecule has 0 radical (unpaired) electrons. The molecule has 1 unspecified atom stereocenters. The highest BCUT2D eigenvalue weighted by Gasteiger charge is 2.26. The maximum absolute atomic E-state index is 12.4. The molecule has 1 saturated heterocycles. The van der Waals surface area contributed by atoms with Crippen LogP contribution in [0.5, 0.6) is 11.5 Å². The predicted molar refractivity (Wildman–Crippen MR) is 92.9 cm³/mol. The number of anilines is 1. The lowest BCUT2D eigenvalue weighted by Gasteiger charge is -2.24. The van der Waals surface area contributed by atoms with Crippen molar-refractivity contribution < 1.29 is 14.3 Å². The highest BCUT2D eigenvalue weighted by Crippen LogP contribution is 2.32. The maximum atomic E-state index is 12.4. The Balaban J connectivity index is 1.35. The Hall–Kier alpha value is -2.54. The molecule has 1 atom stereocenters. The van der Waals surface area contributed by atoms with Gasteiger partial charge in [-0.3, -0.25) is 14.4 Å². The van der Waals surface area contributed by atoms with Gasteiger partial charge in [-0.1, -0.05) is 0 Å². The van der Waals surface area contributed by atoms with Crippen molar-refractivity contribution in [3.63, 3.8) is 0 Å². The number of amides is 1. The molecule has 2 aliphatic rings. The minimum Gasteiger partial charge on any atom is -0.486 e. The first-order valence-corrected chi connectivity index (χ1v) is 8.69. The summed E-state index contributed by atoms with van der Waals surface area (Å²) in [6.07, 6.45) is 5.96. The van der Waals surface area contributed by atoms with Crippen LogP contribution in [-0.4, -0.2) is 52.9 Å². The summed E-state index contributed by atoms with van der Waals surface area (Å²) < 4.78 is 13.0. The zero-order valence-electron chi connectivity index (χ0n) is 14.1. The van der Waals surface area contributed by atoms with E-state index in [2.05, 4.69) is 15.3 Å². The Morgan fingerprint density at radius 2 is 2.16 bits per heavy atom. The number of carbonyl (C=O) groups is 1. The fourth-order valence-electron chi connectivity index (χ4n) is 3.44. The topological polar surface area (TPSA) is 68.6 Å². The van der Waals surface area contributed by atoms with Crippen LogP contribution in [0.2, 0.25) is 0 Å². The number of rotatable bonds is 5. The van der Waals surface area contributed by atoms with Gasteiger partial charge >= 0.3 is 0 Å². The van der Waals surface area contributed by atoms with Crippen molar-refractivity contribution in [2.45, 2.75) is 25.4 Å². The zero-order chi connectivity index (χ0) is 17.1. The van der Waals surface area contributed by atoms with E-state index in [0.717, 1.165) is 37.4 Å². The Labute approximate surface area is 146 Å². The number of carbonyl (C=O) groups excluding carboxylic acids is 1. The normalized spacial score (nSPS) is 19.8. The molecule has 132 valence electrons. The lowest BCUT2D eigenvalue weighted by atomic mass is 10.2. The summed E-state index contributed by atoms with van der Waals surface area (Å²) in [6.45, 7) is 3.25. The van der Waals surface area contributed by atoms with Crippen LogP contribution in [0.15, 0.2) is 36.7 Å². The van der Waals surface area contributed by atoms with E-state index in [-0.39, 0.29) is 5.91 Å². The first-order chi connectivity index (χ1) is 12.3. The van der Waals surface area contributed by atoms with Crippen molar-refractivity contribution in [2.75, 3.05) is 31.6 Å². The van der Waals surface area contributed by atoms with E-state index < -0.39 is 0 Å². The fourth-order valence-corrected chi connectivity index (χ4v) is 3.44. The minimum atomic E-state index is -0.0101. The van der Waals surface area contributed by atoms with Gasteiger partial charge in [-0.05, 0) is 37.6 Å². The van der Waals surface area contributed by atoms with Gasteiger partial charge in [-0.25, -0.2) is 0 Å². The number of nitrogens with one attached hydrogen (secondary N) is 1. The zero-order valence-corrected chi connectivity index (χ0v) is 14.1. The quantitative estimate of drug-likeness (QED) is 0.897. The number of likely N-dealkylation sites (tertiary alicyclic amines) is 1. The van der Waals surface area contributed by atoms with E-state index in [0.29, 0.717) is 31.5 Å². The molecule has 25 heavy (non-hydrogen) atoms. The second-order valence-corrected chi connectivity index (χ2v) is 6.40. The molecule has 2 aliphatic heterocycles. The average Bonchev–Trinajstić information content (AvgIpc) is 3.28. The van der Waals surface area contributed by atoms with E-state index in [1.54, 1.807) is 6.20 Å². The van der Waals surface area contributed by atoms with Crippen LogP contribution >= 0.6 is 0 Å². The van der Waals surface area contributed by atoms with Crippen molar-refractivity contribution >= 4 is 11.6 Å². The molecule has 0 aliphatic carbocycles. The summed E-state index contributed by atoms with van der Waals surface area (Å²) in [5.74, 6) is 1.40. The highest BCUT2D eigenvalue weighted by atomic mass is 16.6. The average molecular weight is 342 g/mol. The van der Waals surface area contributed by atoms with Gasteiger partial charge in [0.2, 0.25) is 5.91 Å². The van der Waals surface area contributed by atoms with E-state index >= 15 is 0 Å². The van der Waals surface area contributed by atoms with Crippen molar-refractivity contribution in [3.8, 4) is 11.5 Å². The number of aromatic nitrogens is 2. The first kappa shape index (κ1) is 16.0. The molecule has 7 heteroatoms. The van der Waals surface area contributed by atoms with Crippen molar-refractivity contribution in [1.82, 2.24) is 14.7 Å². The smallest absolute Gasteiger partial charge is 0.238 e. The van der Waals surface area contributed by atoms with Crippen LogP contribution in [0, 0.1) is 0 Å². The number of fused-ring (bicyclic) bond motifs is 1. The summed E-state index contributed by atoms with van der Waals surface area (Å²) in [7, 11) is 0. The number of benzene rings is 1. The van der Waals surface area contributed by atoms with Crippen LogP contribution in [0.25, 0.3) is 0 Å². The van der Waals surface area contributed by atoms with Crippen LogP contribution in [-0.2, 0) is 11.3 Å². The number of ether oxygens (including phenoxy) is 2. The van der Waals surface area contributed by atoms with Gasteiger partial charge in [0, 0.05) is 30.2 Å². The molecule has 4 rings (SSSR count). The molecule has 1 amide bonds. The van der Waals surface area contributed by atoms with Gasteiger partial charge in [0.05, 0.1) is 13.1 Å².